The lowest BCUT2D eigenvalue weighted by atomic mass is 10.0. The highest BCUT2D eigenvalue weighted by Gasteiger charge is 2.19. The third-order valence-corrected chi connectivity index (χ3v) is 3.77. The van der Waals surface area contributed by atoms with E-state index in [0.717, 1.165) is 24.0 Å². The zero-order valence-corrected chi connectivity index (χ0v) is 12.3. The number of amides is 2. The Morgan fingerprint density at radius 3 is 2.45 bits per heavy atom. The summed E-state index contributed by atoms with van der Waals surface area (Å²) in [5.74, 6) is 0. The lowest BCUT2D eigenvalue weighted by molar-refractivity contribution is 0.235. The molecule has 22 heavy (non-hydrogen) atoms. The molecule has 1 atom stereocenters. The molecule has 2 amide bonds. The first kappa shape index (κ1) is 14.3. The molecule has 0 saturated carbocycles. The van der Waals surface area contributed by atoms with Crippen LogP contribution in [0, 0.1) is 0 Å². The van der Waals surface area contributed by atoms with E-state index in [1.807, 2.05) is 42.5 Å². The summed E-state index contributed by atoms with van der Waals surface area (Å²) >= 11 is 0. The number of carbonyl (C=O) groups excluding carboxylic acids is 1. The van der Waals surface area contributed by atoms with Crippen LogP contribution in [-0.4, -0.2) is 17.1 Å². The van der Waals surface area contributed by atoms with Gasteiger partial charge >= 0.3 is 6.03 Å². The van der Waals surface area contributed by atoms with Gasteiger partial charge in [0.05, 0.1) is 6.04 Å². The highest BCUT2D eigenvalue weighted by Crippen LogP contribution is 2.21. The number of nitrogens with one attached hydrogen (secondary N) is 2. The van der Waals surface area contributed by atoms with Crippen molar-refractivity contribution in [2.75, 3.05) is 0 Å². The van der Waals surface area contributed by atoms with Crippen LogP contribution in [0.5, 0.6) is 0 Å². The third-order valence-electron chi connectivity index (χ3n) is 3.77. The second-order valence-corrected chi connectivity index (χ2v) is 5.39. The van der Waals surface area contributed by atoms with Crippen molar-refractivity contribution in [2.45, 2.75) is 24.9 Å². The standard InChI is InChI=1S/C18H19N3O/c22-18(20-16-10-4-5-11-16)21-17(14-7-2-1-3-8-14)15-9-6-12-19-13-15/h1-9,12-13,16-17H,10-11H2,(H2,20,21,22)/t17-/m0/s1. The summed E-state index contributed by atoms with van der Waals surface area (Å²) in [5.41, 5.74) is 2.00. The molecule has 0 unspecified atom stereocenters. The maximum Gasteiger partial charge on any atom is 0.315 e. The average Bonchev–Trinajstić information content (AvgIpc) is 3.07. The van der Waals surface area contributed by atoms with Crippen LogP contribution in [0.25, 0.3) is 0 Å². The van der Waals surface area contributed by atoms with Crippen LogP contribution in [0.1, 0.15) is 30.0 Å². The second kappa shape index (κ2) is 6.89. The second-order valence-electron chi connectivity index (χ2n) is 5.39. The summed E-state index contributed by atoms with van der Waals surface area (Å²) in [5, 5.41) is 6.07. The molecule has 0 aliphatic heterocycles. The van der Waals surface area contributed by atoms with E-state index in [9.17, 15) is 4.79 Å². The van der Waals surface area contributed by atoms with E-state index >= 15 is 0 Å². The molecular weight excluding hydrogens is 274 g/mol. The molecule has 0 fully saturated rings. The van der Waals surface area contributed by atoms with E-state index < -0.39 is 0 Å². The number of rotatable bonds is 4. The van der Waals surface area contributed by atoms with Crippen LogP contribution in [0.15, 0.2) is 67.0 Å². The number of hydrogen-bond acceptors (Lipinski definition) is 2. The first-order valence-electron chi connectivity index (χ1n) is 7.50. The highest BCUT2D eigenvalue weighted by molar-refractivity contribution is 5.75. The Labute approximate surface area is 130 Å². The van der Waals surface area contributed by atoms with Crippen LogP contribution in [0.3, 0.4) is 0 Å². The van der Waals surface area contributed by atoms with Gasteiger partial charge in [0.2, 0.25) is 0 Å². The predicted molar refractivity (Wildman–Crippen MR) is 86.4 cm³/mol. The molecule has 0 spiro atoms. The summed E-state index contributed by atoms with van der Waals surface area (Å²) in [6.07, 6.45) is 9.51. The molecule has 1 aromatic carbocycles. The van der Waals surface area contributed by atoms with Crippen molar-refractivity contribution in [3.05, 3.63) is 78.1 Å². The van der Waals surface area contributed by atoms with E-state index in [-0.39, 0.29) is 18.1 Å². The van der Waals surface area contributed by atoms with Gasteiger partial charge in [0, 0.05) is 18.4 Å². The quantitative estimate of drug-likeness (QED) is 0.851. The van der Waals surface area contributed by atoms with Crippen LogP contribution < -0.4 is 10.6 Å². The van der Waals surface area contributed by atoms with Crippen molar-refractivity contribution < 1.29 is 4.79 Å². The van der Waals surface area contributed by atoms with E-state index in [1.54, 1.807) is 12.4 Å². The van der Waals surface area contributed by atoms with Crippen molar-refractivity contribution in [3.8, 4) is 0 Å². The predicted octanol–water partition coefficient (Wildman–Crippen LogP) is 3.19. The Morgan fingerprint density at radius 1 is 1.05 bits per heavy atom. The van der Waals surface area contributed by atoms with Gasteiger partial charge in [0.25, 0.3) is 0 Å². The van der Waals surface area contributed by atoms with Crippen molar-refractivity contribution in [1.82, 2.24) is 15.6 Å². The normalized spacial score (nSPS) is 15.5. The first-order chi connectivity index (χ1) is 10.8. The monoisotopic (exact) mass is 293 g/mol. The minimum atomic E-state index is -0.204. The van der Waals surface area contributed by atoms with Crippen LogP contribution in [-0.2, 0) is 0 Å². The minimum Gasteiger partial charge on any atom is -0.335 e. The molecular formula is C18H19N3O. The van der Waals surface area contributed by atoms with E-state index in [2.05, 4.69) is 27.8 Å². The zero-order valence-electron chi connectivity index (χ0n) is 12.3. The van der Waals surface area contributed by atoms with Crippen LogP contribution in [0.2, 0.25) is 0 Å². The molecule has 4 nitrogen and oxygen atoms in total. The van der Waals surface area contributed by atoms with Crippen molar-refractivity contribution >= 4 is 6.03 Å². The van der Waals surface area contributed by atoms with E-state index in [0.29, 0.717) is 0 Å². The van der Waals surface area contributed by atoms with E-state index in [1.165, 1.54) is 0 Å². The molecule has 1 aliphatic carbocycles. The lowest BCUT2D eigenvalue weighted by Crippen LogP contribution is -2.42. The van der Waals surface area contributed by atoms with Crippen molar-refractivity contribution in [1.29, 1.82) is 0 Å². The van der Waals surface area contributed by atoms with Gasteiger partial charge in [-0.05, 0) is 30.0 Å². The van der Waals surface area contributed by atoms with Gasteiger partial charge in [-0.25, -0.2) is 4.79 Å². The number of urea groups is 1. The fraction of sp³-hybridized carbons (Fsp3) is 0.222. The zero-order chi connectivity index (χ0) is 15.2. The molecule has 0 radical (unpaired) electrons. The number of nitrogens with zero attached hydrogens (tertiary/aromatic N) is 1. The Hall–Kier alpha value is -2.62. The lowest BCUT2D eigenvalue weighted by Gasteiger charge is -2.21. The van der Waals surface area contributed by atoms with Gasteiger partial charge in [-0.15, -0.1) is 0 Å². The van der Waals surface area contributed by atoms with Crippen molar-refractivity contribution in [2.24, 2.45) is 0 Å². The summed E-state index contributed by atoms with van der Waals surface area (Å²) < 4.78 is 0. The fourth-order valence-corrected chi connectivity index (χ4v) is 2.64. The number of carbonyl (C=O) groups is 1. The van der Waals surface area contributed by atoms with Crippen LogP contribution in [0.4, 0.5) is 4.79 Å². The molecule has 0 saturated heterocycles. The summed E-state index contributed by atoms with van der Waals surface area (Å²) in [6, 6.07) is 13.6. The molecule has 1 aromatic heterocycles. The molecule has 4 heteroatoms. The van der Waals surface area contributed by atoms with Crippen LogP contribution >= 0.6 is 0 Å². The van der Waals surface area contributed by atoms with Gasteiger partial charge in [-0.2, -0.15) is 0 Å². The minimum absolute atomic E-state index is 0.147. The number of hydrogen-bond donors (Lipinski definition) is 2. The molecule has 3 rings (SSSR count). The Balaban J connectivity index is 1.75. The summed E-state index contributed by atoms with van der Waals surface area (Å²) in [4.78, 5) is 16.4. The molecule has 1 heterocycles. The SMILES string of the molecule is O=C(NC1CC=CC1)N[C@@H](c1ccccc1)c1cccnc1. The summed E-state index contributed by atoms with van der Waals surface area (Å²) in [6.45, 7) is 0. The topological polar surface area (TPSA) is 54.0 Å². The Kier molecular flexibility index (Phi) is 4.49. The van der Waals surface area contributed by atoms with Gasteiger partial charge in [0.15, 0.2) is 0 Å². The smallest absolute Gasteiger partial charge is 0.315 e. The maximum atomic E-state index is 12.3. The Bertz CT molecular complexity index is 592. The Morgan fingerprint density at radius 2 is 1.77 bits per heavy atom. The first-order valence-corrected chi connectivity index (χ1v) is 7.50. The third kappa shape index (κ3) is 3.52. The summed E-state index contributed by atoms with van der Waals surface area (Å²) in [7, 11) is 0. The maximum absolute atomic E-state index is 12.3. The molecule has 2 aromatic rings. The fourth-order valence-electron chi connectivity index (χ4n) is 2.64. The molecule has 112 valence electrons. The van der Waals surface area contributed by atoms with Crippen molar-refractivity contribution in [3.63, 3.8) is 0 Å². The van der Waals surface area contributed by atoms with E-state index in [4.69, 9.17) is 0 Å². The number of aromatic nitrogens is 1. The highest BCUT2D eigenvalue weighted by atomic mass is 16.2. The van der Waals surface area contributed by atoms with Gasteiger partial charge in [-0.3, -0.25) is 4.98 Å². The van der Waals surface area contributed by atoms with Gasteiger partial charge < -0.3 is 10.6 Å². The van der Waals surface area contributed by atoms with Gasteiger partial charge in [-0.1, -0.05) is 48.6 Å². The van der Waals surface area contributed by atoms with Gasteiger partial charge in [0.1, 0.15) is 0 Å². The average molecular weight is 293 g/mol. The molecule has 0 bridgehead atoms. The molecule has 1 aliphatic rings. The number of pyridine rings is 1. The molecule has 2 N–H and O–H groups in total. The number of benzene rings is 1. The largest absolute Gasteiger partial charge is 0.335 e.